The second kappa shape index (κ2) is 13.8. The van der Waals surface area contributed by atoms with Crippen LogP contribution >= 0.6 is 23.1 Å². The molecule has 3 N–H and O–H groups in total. The molecule has 0 spiro atoms. The van der Waals surface area contributed by atoms with Crippen molar-refractivity contribution in [2.45, 2.75) is 32.2 Å². The van der Waals surface area contributed by atoms with E-state index in [4.69, 9.17) is 9.97 Å². The van der Waals surface area contributed by atoms with Crippen LogP contribution in [0.5, 0.6) is 0 Å². The fourth-order valence-corrected chi connectivity index (χ4v) is 8.11. The Kier molecular flexibility index (Phi) is 9.75. The third-order valence-electron chi connectivity index (χ3n) is 8.91. The maximum Gasteiger partial charge on any atom is 0.229 e. The molecule has 0 aliphatic carbocycles. The van der Waals surface area contributed by atoms with Gasteiger partial charge in [0.1, 0.15) is 24.3 Å². The number of hydrogen-bond donors (Lipinski definition) is 3. The molecule has 5 heterocycles. The van der Waals surface area contributed by atoms with Crippen molar-refractivity contribution >= 4 is 74.2 Å². The number of anilines is 6. The molecular formula is C32H43BrN11OP. The van der Waals surface area contributed by atoms with Crippen LogP contribution in [0.2, 0.25) is 0 Å². The highest BCUT2D eigenvalue weighted by atomic mass is 79.9. The fraction of sp³-hybridized carbons (Fsp3) is 0.469. The molecule has 2 aliphatic heterocycles. The van der Waals surface area contributed by atoms with Crippen LogP contribution in [0.25, 0.3) is 11.0 Å². The highest BCUT2D eigenvalue weighted by molar-refractivity contribution is 9.10. The first-order valence-electron chi connectivity index (χ1n) is 15.9. The predicted octanol–water partition coefficient (Wildman–Crippen LogP) is 5.13. The molecular weight excluding hydrogens is 665 g/mol. The van der Waals surface area contributed by atoms with E-state index in [0.29, 0.717) is 44.3 Å². The average molecular weight is 709 g/mol. The van der Waals surface area contributed by atoms with Gasteiger partial charge in [0, 0.05) is 70.9 Å². The van der Waals surface area contributed by atoms with Gasteiger partial charge in [-0.3, -0.25) is 14.9 Å². The predicted molar refractivity (Wildman–Crippen MR) is 192 cm³/mol. The van der Waals surface area contributed by atoms with E-state index in [-0.39, 0.29) is 0 Å². The molecule has 0 radical (unpaired) electrons. The molecule has 2 saturated heterocycles. The van der Waals surface area contributed by atoms with Gasteiger partial charge >= 0.3 is 0 Å². The van der Waals surface area contributed by atoms with Crippen molar-refractivity contribution in [1.82, 2.24) is 34.7 Å². The van der Waals surface area contributed by atoms with Gasteiger partial charge in [0.25, 0.3) is 0 Å². The number of aryl methyl sites for hydroxylation is 1. The number of aromatic nitrogens is 5. The standard InChI is InChI=1S/C32H43BrN11OP/c1-6-21-19-26(30(34-2)40-31(21)44-13-9-22(10-14-44)43-17-15-42(3)16-18-43)39-32-37-20-23(33)29(41-32)38-25-8-7-24-27(36-12-11-35-24)28(25)46(4,5)45/h7-8,11-12,19-20,22H,6,9-10,13-18H2,1-5H3,(H,34,40)(H2,37,38,39,41). The van der Waals surface area contributed by atoms with Gasteiger partial charge in [-0.05, 0) is 79.3 Å². The van der Waals surface area contributed by atoms with Crippen molar-refractivity contribution in [2.24, 2.45) is 0 Å². The van der Waals surface area contributed by atoms with Gasteiger partial charge < -0.3 is 30.3 Å². The van der Waals surface area contributed by atoms with Crippen LogP contribution in [0.15, 0.2) is 41.3 Å². The van der Waals surface area contributed by atoms with Crippen LogP contribution in [-0.2, 0) is 11.0 Å². The summed E-state index contributed by atoms with van der Waals surface area (Å²) in [4.78, 5) is 30.9. The molecule has 46 heavy (non-hydrogen) atoms. The first-order valence-corrected chi connectivity index (χ1v) is 19.3. The molecule has 2 fully saturated rings. The monoisotopic (exact) mass is 707 g/mol. The minimum Gasteiger partial charge on any atom is -0.371 e. The van der Waals surface area contributed by atoms with E-state index in [1.54, 1.807) is 31.9 Å². The minimum atomic E-state index is -2.73. The van der Waals surface area contributed by atoms with E-state index in [1.807, 2.05) is 19.2 Å². The van der Waals surface area contributed by atoms with Gasteiger partial charge in [-0.25, -0.2) is 9.97 Å². The maximum absolute atomic E-state index is 13.4. The van der Waals surface area contributed by atoms with Crippen LogP contribution in [0.3, 0.4) is 0 Å². The molecule has 0 atom stereocenters. The summed E-state index contributed by atoms with van der Waals surface area (Å²) < 4.78 is 14.1. The minimum absolute atomic E-state index is 0.408. The first-order chi connectivity index (χ1) is 22.1. The van der Waals surface area contributed by atoms with Crippen molar-refractivity contribution in [1.29, 1.82) is 0 Å². The topological polar surface area (TPSA) is 127 Å². The van der Waals surface area contributed by atoms with Crippen LogP contribution < -0.4 is 26.2 Å². The number of hydrogen-bond acceptors (Lipinski definition) is 12. The Morgan fingerprint density at radius 1 is 0.935 bits per heavy atom. The lowest BCUT2D eigenvalue weighted by molar-refractivity contribution is 0.0981. The van der Waals surface area contributed by atoms with Crippen molar-refractivity contribution < 1.29 is 4.57 Å². The number of piperazine rings is 1. The van der Waals surface area contributed by atoms with Crippen molar-refractivity contribution in [3.63, 3.8) is 0 Å². The SMILES string of the molecule is CCc1cc(Nc2ncc(Br)c(Nc3ccc4nccnc4c3P(C)(C)=O)n2)c(NC)nc1N1CCC(N2CCN(C)CC2)CC1. The number of fused-ring (bicyclic) bond motifs is 1. The quantitative estimate of drug-likeness (QED) is 0.200. The molecule has 12 nitrogen and oxygen atoms in total. The van der Waals surface area contributed by atoms with Crippen LogP contribution in [0, 0.1) is 0 Å². The van der Waals surface area contributed by atoms with E-state index in [1.165, 1.54) is 5.56 Å². The third kappa shape index (κ3) is 6.97. The van der Waals surface area contributed by atoms with E-state index >= 15 is 0 Å². The zero-order valence-electron chi connectivity index (χ0n) is 27.2. The number of halogens is 1. The van der Waals surface area contributed by atoms with E-state index in [2.05, 4.69) is 81.6 Å². The van der Waals surface area contributed by atoms with Crippen LogP contribution in [0.4, 0.5) is 34.8 Å². The summed E-state index contributed by atoms with van der Waals surface area (Å²) >= 11 is 3.59. The molecule has 3 aromatic heterocycles. The Balaban J connectivity index is 1.23. The Morgan fingerprint density at radius 3 is 2.37 bits per heavy atom. The van der Waals surface area contributed by atoms with Gasteiger partial charge in [-0.1, -0.05) is 6.92 Å². The lowest BCUT2D eigenvalue weighted by atomic mass is 10.0. The number of nitrogens with one attached hydrogen (secondary N) is 3. The summed E-state index contributed by atoms with van der Waals surface area (Å²) in [6.07, 6.45) is 8.12. The van der Waals surface area contributed by atoms with E-state index in [0.717, 1.165) is 75.9 Å². The number of likely N-dealkylation sites (N-methyl/N-ethyl adjacent to an activating group) is 1. The fourth-order valence-electron chi connectivity index (χ4n) is 6.43. The molecule has 0 saturated carbocycles. The van der Waals surface area contributed by atoms with Crippen LogP contribution in [-0.4, -0.2) is 107 Å². The van der Waals surface area contributed by atoms with Gasteiger partial charge in [-0.2, -0.15) is 4.98 Å². The lowest BCUT2D eigenvalue weighted by Crippen LogP contribution is -2.52. The largest absolute Gasteiger partial charge is 0.371 e. The Labute approximate surface area is 279 Å². The molecule has 2 aliphatic rings. The normalized spacial score (nSPS) is 17.0. The highest BCUT2D eigenvalue weighted by Crippen LogP contribution is 2.41. The summed E-state index contributed by atoms with van der Waals surface area (Å²) in [5.74, 6) is 2.72. The van der Waals surface area contributed by atoms with Gasteiger partial charge in [0.2, 0.25) is 5.95 Å². The number of piperidine rings is 1. The number of pyridine rings is 1. The summed E-state index contributed by atoms with van der Waals surface area (Å²) in [6.45, 7) is 12.3. The summed E-state index contributed by atoms with van der Waals surface area (Å²) in [5, 5.41) is 10.7. The van der Waals surface area contributed by atoms with Crippen molar-refractivity contribution in [3.05, 3.63) is 46.8 Å². The highest BCUT2D eigenvalue weighted by Gasteiger charge is 2.28. The molecule has 6 rings (SSSR count). The van der Waals surface area contributed by atoms with Gasteiger partial charge in [-0.15, -0.1) is 0 Å². The second-order valence-electron chi connectivity index (χ2n) is 12.4. The number of rotatable bonds is 9. The van der Waals surface area contributed by atoms with Crippen LogP contribution in [0.1, 0.15) is 25.3 Å². The second-order valence-corrected chi connectivity index (χ2v) is 16.4. The third-order valence-corrected chi connectivity index (χ3v) is 11.0. The number of nitrogens with zero attached hydrogens (tertiary/aromatic N) is 8. The average Bonchev–Trinajstić information content (AvgIpc) is 3.06. The van der Waals surface area contributed by atoms with Gasteiger partial charge in [0.15, 0.2) is 5.82 Å². The summed E-state index contributed by atoms with van der Waals surface area (Å²) in [6, 6.07) is 6.55. The molecule has 0 unspecified atom stereocenters. The molecule has 0 bridgehead atoms. The van der Waals surface area contributed by atoms with Crippen molar-refractivity contribution in [3.8, 4) is 0 Å². The molecule has 1 aromatic carbocycles. The Hall–Kier alpha value is -3.38. The lowest BCUT2D eigenvalue weighted by Gasteiger charge is -2.42. The summed E-state index contributed by atoms with van der Waals surface area (Å²) in [7, 11) is 1.36. The zero-order chi connectivity index (χ0) is 32.4. The molecule has 244 valence electrons. The number of benzene rings is 1. The first kappa shape index (κ1) is 32.6. The van der Waals surface area contributed by atoms with E-state index < -0.39 is 7.14 Å². The Morgan fingerprint density at radius 2 is 1.67 bits per heavy atom. The molecule has 4 aromatic rings. The van der Waals surface area contributed by atoms with E-state index in [9.17, 15) is 4.57 Å². The smallest absolute Gasteiger partial charge is 0.229 e. The Bertz CT molecular complexity index is 1750. The molecule has 14 heteroatoms. The summed E-state index contributed by atoms with van der Waals surface area (Å²) in [5.41, 5.74) is 3.96. The molecule has 0 amide bonds. The maximum atomic E-state index is 13.4. The van der Waals surface area contributed by atoms with Gasteiger partial charge in [0.05, 0.1) is 26.7 Å². The van der Waals surface area contributed by atoms with Crippen molar-refractivity contribution in [2.75, 3.05) is 87.5 Å². The zero-order valence-corrected chi connectivity index (χ0v) is 29.7.